The molecular weight excluding hydrogens is 413 g/mol. The number of hydrogen-bond acceptors (Lipinski definition) is 4. The van der Waals surface area contributed by atoms with Crippen molar-refractivity contribution in [2.24, 2.45) is 7.05 Å². The van der Waals surface area contributed by atoms with Crippen LogP contribution in [0.3, 0.4) is 0 Å². The molecule has 0 N–H and O–H groups in total. The molecule has 0 radical (unpaired) electrons. The average molecular weight is 429 g/mol. The molecule has 1 aromatic heterocycles. The summed E-state index contributed by atoms with van der Waals surface area (Å²) in [7, 11) is 1.91. The van der Waals surface area contributed by atoms with Gasteiger partial charge in [0.15, 0.2) is 11.0 Å². The Morgan fingerprint density at radius 2 is 1.77 bits per heavy atom. The van der Waals surface area contributed by atoms with E-state index in [1.807, 2.05) is 54.9 Å². The van der Waals surface area contributed by atoms with E-state index in [0.717, 1.165) is 27.9 Å². The van der Waals surface area contributed by atoms with Gasteiger partial charge >= 0.3 is 0 Å². The minimum Gasteiger partial charge on any atom is -0.486 e. The molecule has 0 spiro atoms. The van der Waals surface area contributed by atoms with Crippen LogP contribution >= 0.6 is 46.6 Å². The smallest absolute Gasteiger partial charge is 0.191 e. The molecule has 0 fully saturated rings. The fraction of sp³-hybridized carbons (Fsp3) is 0.222. The maximum Gasteiger partial charge on any atom is 0.191 e. The molecule has 26 heavy (non-hydrogen) atoms. The molecule has 0 saturated heterocycles. The highest BCUT2D eigenvalue weighted by molar-refractivity contribution is 7.98. The van der Waals surface area contributed by atoms with E-state index in [9.17, 15) is 0 Å². The normalized spacial score (nSPS) is 11.0. The van der Waals surface area contributed by atoms with E-state index in [1.165, 1.54) is 11.8 Å². The van der Waals surface area contributed by atoms with Crippen LogP contribution in [0.15, 0.2) is 41.6 Å². The quantitative estimate of drug-likeness (QED) is 0.454. The molecule has 1 heterocycles. The van der Waals surface area contributed by atoms with Crippen LogP contribution < -0.4 is 4.74 Å². The van der Waals surface area contributed by atoms with Crippen molar-refractivity contribution in [3.05, 3.63) is 68.4 Å². The fourth-order valence-electron chi connectivity index (χ4n) is 2.26. The zero-order valence-corrected chi connectivity index (χ0v) is 17.3. The van der Waals surface area contributed by atoms with Crippen molar-refractivity contribution in [2.45, 2.75) is 24.4 Å². The third kappa shape index (κ3) is 4.46. The fourth-order valence-corrected chi connectivity index (χ4v) is 4.05. The third-order valence-corrected chi connectivity index (χ3v) is 6.01. The number of hydrogen-bond donors (Lipinski definition) is 0. The van der Waals surface area contributed by atoms with E-state index in [-0.39, 0.29) is 0 Å². The minimum absolute atomic E-state index is 0.317. The predicted molar refractivity (Wildman–Crippen MR) is 108 cm³/mol. The van der Waals surface area contributed by atoms with Gasteiger partial charge in [-0.05, 0) is 48.4 Å². The molecule has 0 aliphatic rings. The van der Waals surface area contributed by atoms with E-state index < -0.39 is 0 Å². The molecule has 3 rings (SSSR count). The van der Waals surface area contributed by atoms with Gasteiger partial charge in [-0.1, -0.05) is 52.6 Å². The van der Waals surface area contributed by atoms with Crippen LogP contribution in [0, 0.1) is 6.92 Å². The van der Waals surface area contributed by atoms with Crippen molar-refractivity contribution < 1.29 is 4.74 Å². The Kier molecular flexibility index (Phi) is 6.35. The van der Waals surface area contributed by atoms with E-state index in [2.05, 4.69) is 10.2 Å². The van der Waals surface area contributed by atoms with E-state index in [4.69, 9.17) is 39.5 Å². The minimum atomic E-state index is 0.317. The summed E-state index contributed by atoms with van der Waals surface area (Å²) in [6.07, 6.45) is 0. The van der Waals surface area contributed by atoms with Crippen molar-refractivity contribution in [1.29, 1.82) is 0 Å². The molecule has 0 atom stereocenters. The summed E-state index contributed by atoms with van der Waals surface area (Å²) in [4.78, 5) is 0. The summed E-state index contributed by atoms with van der Waals surface area (Å²) in [5, 5.41) is 11.2. The Labute approximate surface area is 171 Å². The van der Waals surface area contributed by atoms with Gasteiger partial charge in [-0.3, -0.25) is 0 Å². The number of aryl methyl sites for hydroxylation is 1. The Balaban J connectivity index is 1.65. The molecule has 0 aliphatic heterocycles. The SMILES string of the molecule is Cc1cc(OCc2nnc(SCc3c(Cl)cccc3Cl)n2C)ccc1Cl. The molecule has 0 aliphatic carbocycles. The summed E-state index contributed by atoms with van der Waals surface area (Å²) in [5.74, 6) is 2.08. The maximum absolute atomic E-state index is 6.21. The Bertz CT molecular complexity index is 910. The van der Waals surface area contributed by atoms with Gasteiger partial charge in [-0.15, -0.1) is 10.2 Å². The van der Waals surface area contributed by atoms with Crippen molar-refractivity contribution >= 4 is 46.6 Å². The molecule has 3 aromatic rings. The van der Waals surface area contributed by atoms with Gasteiger partial charge in [0, 0.05) is 27.9 Å². The van der Waals surface area contributed by atoms with Gasteiger partial charge in [0.1, 0.15) is 12.4 Å². The largest absolute Gasteiger partial charge is 0.486 e. The first-order chi connectivity index (χ1) is 12.5. The Hall–Kier alpha value is -1.40. The first kappa shape index (κ1) is 19.4. The number of halogens is 3. The van der Waals surface area contributed by atoms with Crippen molar-refractivity contribution in [3.8, 4) is 5.75 Å². The predicted octanol–water partition coefficient (Wildman–Crippen LogP) is 5.96. The van der Waals surface area contributed by atoms with Gasteiger partial charge in [0.05, 0.1) is 0 Å². The second kappa shape index (κ2) is 8.53. The molecule has 0 saturated carbocycles. The lowest BCUT2D eigenvalue weighted by atomic mass is 10.2. The van der Waals surface area contributed by atoms with Gasteiger partial charge in [0.2, 0.25) is 0 Å². The first-order valence-corrected chi connectivity index (χ1v) is 9.90. The van der Waals surface area contributed by atoms with Crippen molar-refractivity contribution in [3.63, 3.8) is 0 Å². The van der Waals surface area contributed by atoms with Crippen LogP contribution in [-0.2, 0) is 19.4 Å². The first-order valence-electron chi connectivity index (χ1n) is 7.78. The van der Waals surface area contributed by atoms with Crippen LogP contribution in [0.5, 0.6) is 5.75 Å². The molecule has 2 aromatic carbocycles. The monoisotopic (exact) mass is 427 g/mol. The van der Waals surface area contributed by atoms with Crippen LogP contribution in [-0.4, -0.2) is 14.8 Å². The molecule has 8 heteroatoms. The van der Waals surface area contributed by atoms with Crippen LogP contribution in [0.1, 0.15) is 17.0 Å². The lowest BCUT2D eigenvalue weighted by Crippen LogP contribution is -2.04. The van der Waals surface area contributed by atoms with Gasteiger partial charge in [-0.25, -0.2) is 0 Å². The highest BCUT2D eigenvalue weighted by atomic mass is 35.5. The zero-order valence-electron chi connectivity index (χ0n) is 14.2. The molecule has 136 valence electrons. The lowest BCUT2D eigenvalue weighted by molar-refractivity contribution is 0.290. The summed E-state index contributed by atoms with van der Waals surface area (Å²) in [5.41, 5.74) is 1.85. The summed E-state index contributed by atoms with van der Waals surface area (Å²) in [6.45, 7) is 2.25. The standard InChI is InChI=1S/C18H16Cl3N3OS/c1-11-8-12(6-7-14(11)19)25-9-17-22-23-18(24(17)2)26-10-13-15(20)4-3-5-16(13)21/h3-8H,9-10H2,1-2H3. The van der Waals surface area contributed by atoms with Gasteiger partial charge in [-0.2, -0.15) is 0 Å². The molecule has 0 bridgehead atoms. The second-order valence-electron chi connectivity index (χ2n) is 5.65. The van der Waals surface area contributed by atoms with Crippen LogP contribution in [0.25, 0.3) is 0 Å². The lowest BCUT2D eigenvalue weighted by Gasteiger charge is -2.08. The van der Waals surface area contributed by atoms with Gasteiger partial charge < -0.3 is 9.30 Å². The average Bonchev–Trinajstić information content (AvgIpc) is 2.96. The Morgan fingerprint density at radius 3 is 2.46 bits per heavy atom. The van der Waals surface area contributed by atoms with E-state index >= 15 is 0 Å². The van der Waals surface area contributed by atoms with Crippen molar-refractivity contribution in [1.82, 2.24) is 14.8 Å². The number of nitrogens with zero attached hydrogens (tertiary/aromatic N) is 3. The third-order valence-electron chi connectivity index (χ3n) is 3.83. The highest BCUT2D eigenvalue weighted by Crippen LogP contribution is 2.31. The van der Waals surface area contributed by atoms with E-state index in [1.54, 1.807) is 0 Å². The number of thioether (sulfide) groups is 1. The van der Waals surface area contributed by atoms with E-state index in [0.29, 0.717) is 27.4 Å². The molecular formula is C18H16Cl3N3OS. The summed E-state index contributed by atoms with van der Waals surface area (Å²) >= 11 is 20.0. The van der Waals surface area contributed by atoms with Crippen LogP contribution in [0.2, 0.25) is 15.1 Å². The summed E-state index contributed by atoms with van der Waals surface area (Å²) < 4.78 is 7.69. The van der Waals surface area contributed by atoms with Gasteiger partial charge in [0.25, 0.3) is 0 Å². The van der Waals surface area contributed by atoms with Crippen LogP contribution in [0.4, 0.5) is 0 Å². The number of rotatable bonds is 6. The Morgan fingerprint density at radius 1 is 1.04 bits per heavy atom. The number of benzene rings is 2. The van der Waals surface area contributed by atoms with Crippen molar-refractivity contribution in [2.75, 3.05) is 0 Å². The number of ether oxygens (including phenoxy) is 1. The topological polar surface area (TPSA) is 39.9 Å². The maximum atomic E-state index is 6.21. The molecule has 0 amide bonds. The molecule has 0 unspecified atom stereocenters. The zero-order chi connectivity index (χ0) is 18.7. The number of aromatic nitrogens is 3. The summed E-state index contributed by atoms with van der Waals surface area (Å²) in [6, 6.07) is 11.0. The molecule has 4 nitrogen and oxygen atoms in total. The highest BCUT2D eigenvalue weighted by Gasteiger charge is 2.13. The second-order valence-corrected chi connectivity index (χ2v) is 7.81.